The lowest BCUT2D eigenvalue weighted by atomic mass is 10.3. The van der Waals surface area contributed by atoms with E-state index in [1.807, 2.05) is 0 Å². The van der Waals surface area contributed by atoms with Crippen LogP contribution in [-0.2, 0) is 25.4 Å². The number of thioether (sulfide) groups is 1. The summed E-state index contributed by atoms with van der Waals surface area (Å²) in [6.07, 6.45) is 1.68. The molecule has 0 saturated carbocycles. The molecule has 0 saturated heterocycles. The lowest BCUT2D eigenvalue weighted by molar-refractivity contribution is -0.388. The number of carbonyl (C=O) groups is 1. The fraction of sp³-hybridized carbons (Fsp3) is 0.188. The summed E-state index contributed by atoms with van der Waals surface area (Å²) in [7, 11) is -7.86. The predicted molar refractivity (Wildman–Crippen MR) is 109 cm³/mol. The second-order valence-electron chi connectivity index (χ2n) is 5.72. The first kappa shape index (κ1) is 25.1. The normalized spacial score (nSPS) is 12.9. The van der Waals surface area contributed by atoms with E-state index >= 15 is 0 Å². The number of hydrogen-bond donors (Lipinski definition) is 1. The summed E-state index contributed by atoms with van der Waals surface area (Å²) in [5, 5.41) is 13.0. The summed E-state index contributed by atoms with van der Waals surface area (Å²) in [5.74, 6) is -1.79. The Kier molecular flexibility index (Phi) is 7.73. The average molecular weight is 517 g/mol. The molecule has 0 aliphatic heterocycles. The van der Waals surface area contributed by atoms with Gasteiger partial charge >= 0.3 is 5.51 Å². The van der Waals surface area contributed by atoms with Crippen LogP contribution in [0.15, 0.2) is 51.1 Å². The van der Waals surface area contributed by atoms with Gasteiger partial charge in [-0.2, -0.15) is 13.2 Å². The van der Waals surface area contributed by atoms with Gasteiger partial charge in [-0.3, -0.25) is 19.1 Å². The molecule has 0 aromatic heterocycles. The third-order valence-corrected chi connectivity index (χ3v) is 7.60. The zero-order chi connectivity index (χ0) is 23.6. The van der Waals surface area contributed by atoms with Crippen LogP contribution in [0.4, 0.5) is 24.5 Å². The van der Waals surface area contributed by atoms with E-state index in [1.165, 1.54) is 30.0 Å². The predicted octanol–water partition coefficient (Wildman–Crippen LogP) is 4.01. The summed E-state index contributed by atoms with van der Waals surface area (Å²) >= 11 is 7.02. The molecule has 1 amide bonds. The highest BCUT2D eigenvalue weighted by Crippen LogP contribution is 2.34. The van der Waals surface area contributed by atoms with Gasteiger partial charge < -0.3 is 5.32 Å². The molecule has 2 aromatic rings. The van der Waals surface area contributed by atoms with E-state index in [0.29, 0.717) is 17.0 Å². The number of rotatable bonds is 7. The molecule has 0 fully saturated rings. The monoisotopic (exact) mass is 516 g/mol. The Morgan fingerprint density at radius 3 is 2.45 bits per heavy atom. The number of alkyl halides is 3. The molecule has 1 atom stereocenters. The molecule has 0 spiro atoms. The van der Waals surface area contributed by atoms with E-state index in [2.05, 4.69) is 5.32 Å². The molecule has 31 heavy (non-hydrogen) atoms. The molecule has 2 rings (SSSR count). The highest BCUT2D eigenvalue weighted by molar-refractivity contribution is 7.98. The fourth-order valence-corrected chi connectivity index (χ4v) is 4.68. The minimum atomic E-state index is -5.69. The highest BCUT2D eigenvalue weighted by Gasteiger charge is 2.47. The molecule has 2 aromatic carbocycles. The van der Waals surface area contributed by atoms with Gasteiger partial charge in [-0.15, -0.1) is 11.8 Å². The Morgan fingerprint density at radius 1 is 1.26 bits per heavy atom. The van der Waals surface area contributed by atoms with Crippen molar-refractivity contribution >= 4 is 61.3 Å². The Morgan fingerprint density at radius 2 is 1.90 bits per heavy atom. The molecule has 15 heteroatoms. The first-order valence-corrected chi connectivity index (χ1v) is 12.3. The third kappa shape index (κ3) is 5.75. The maximum atomic E-state index is 12.7. The Balaban J connectivity index is 2.27. The van der Waals surface area contributed by atoms with Crippen molar-refractivity contribution in [2.24, 2.45) is 0 Å². The molecule has 0 bridgehead atoms. The van der Waals surface area contributed by atoms with Gasteiger partial charge in [-0.1, -0.05) is 11.6 Å². The summed E-state index contributed by atoms with van der Waals surface area (Å²) in [6.45, 7) is 0. The van der Waals surface area contributed by atoms with Crippen LogP contribution in [0.2, 0.25) is 5.02 Å². The molecular formula is C16H12ClF3N2O6S3. The average Bonchev–Trinajstić information content (AvgIpc) is 2.67. The molecule has 1 unspecified atom stereocenters. The van der Waals surface area contributed by atoms with E-state index in [9.17, 15) is 40.7 Å². The Hall–Kier alpha value is -2.16. The molecule has 0 aliphatic rings. The number of nitrogens with zero attached hydrogens (tertiary/aromatic N) is 1. The van der Waals surface area contributed by atoms with Gasteiger partial charge in [0, 0.05) is 11.0 Å². The van der Waals surface area contributed by atoms with Crippen molar-refractivity contribution in [1.82, 2.24) is 0 Å². The van der Waals surface area contributed by atoms with E-state index in [4.69, 9.17) is 11.6 Å². The van der Waals surface area contributed by atoms with Gasteiger partial charge in [0.15, 0.2) is 0 Å². The molecule has 168 valence electrons. The van der Waals surface area contributed by atoms with Crippen molar-refractivity contribution in [3.05, 3.63) is 51.5 Å². The van der Waals surface area contributed by atoms with Gasteiger partial charge in [0.1, 0.15) is 10.6 Å². The maximum absolute atomic E-state index is 12.7. The van der Waals surface area contributed by atoms with Crippen molar-refractivity contribution in [2.75, 3.05) is 17.3 Å². The fourth-order valence-electron chi connectivity index (χ4n) is 2.24. The van der Waals surface area contributed by atoms with Gasteiger partial charge in [0.2, 0.25) is 5.91 Å². The molecule has 0 radical (unpaired) electrons. The number of benzene rings is 2. The number of anilines is 1. The number of amides is 1. The number of hydrogen-bond acceptors (Lipinski definition) is 7. The van der Waals surface area contributed by atoms with Crippen molar-refractivity contribution in [3.63, 3.8) is 0 Å². The first-order valence-electron chi connectivity index (χ1n) is 7.89. The first-order chi connectivity index (χ1) is 14.3. The summed E-state index contributed by atoms with van der Waals surface area (Å²) in [6, 6.07) is 5.89. The van der Waals surface area contributed by atoms with E-state index in [0.717, 1.165) is 6.07 Å². The largest absolute Gasteiger partial charge is 0.501 e. The van der Waals surface area contributed by atoms with Crippen LogP contribution in [-0.4, -0.2) is 41.0 Å². The lowest BCUT2D eigenvalue weighted by Gasteiger charge is -2.12. The standard InChI is InChI=1S/C16H12ClF3N2O6S3/c1-29-9-2-5-14(13(6-9)22(24)25)30(26)8-15(23)21-12-7-10(3-4-11(12)17)31(27,28)16(18,19)20/h2-7H,8H2,1H3,(H,21,23). The Bertz CT molecular complexity index is 1170. The second-order valence-corrected chi connectivity index (χ2v) is 10.4. The van der Waals surface area contributed by atoms with Crippen molar-refractivity contribution in [1.29, 1.82) is 0 Å². The van der Waals surface area contributed by atoms with Crippen LogP contribution < -0.4 is 5.32 Å². The van der Waals surface area contributed by atoms with Gasteiger partial charge in [0.25, 0.3) is 15.5 Å². The molecule has 1 N–H and O–H groups in total. The van der Waals surface area contributed by atoms with Crippen LogP contribution in [0.25, 0.3) is 0 Å². The number of nitrogens with one attached hydrogen (secondary N) is 1. The second kappa shape index (κ2) is 9.54. The lowest BCUT2D eigenvalue weighted by Crippen LogP contribution is -2.24. The minimum Gasteiger partial charge on any atom is -0.324 e. The van der Waals surface area contributed by atoms with Crippen LogP contribution in [0.1, 0.15) is 0 Å². The number of sulfone groups is 1. The number of nitro groups is 1. The van der Waals surface area contributed by atoms with E-state index in [1.54, 1.807) is 6.26 Å². The smallest absolute Gasteiger partial charge is 0.324 e. The SMILES string of the molecule is CSc1ccc(S(=O)CC(=O)Nc2cc(S(=O)(=O)C(F)(F)F)ccc2Cl)c([N+](=O)[O-])c1. The van der Waals surface area contributed by atoms with Gasteiger partial charge in [0.05, 0.1) is 31.3 Å². The zero-order valence-corrected chi connectivity index (χ0v) is 18.5. The highest BCUT2D eigenvalue weighted by atomic mass is 35.5. The number of nitro benzene ring substituents is 1. The van der Waals surface area contributed by atoms with E-state index in [-0.39, 0.29) is 9.92 Å². The van der Waals surface area contributed by atoms with Crippen LogP contribution in [0, 0.1) is 10.1 Å². The number of halogens is 4. The van der Waals surface area contributed by atoms with Crippen LogP contribution >= 0.6 is 23.4 Å². The Labute approximate surface area is 185 Å². The van der Waals surface area contributed by atoms with Crippen molar-refractivity contribution in [2.45, 2.75) is 20.2 Å². The quantitative estimate of drug-likeness (QED) is 0.335. The maximum Gasteiger partial charge on any atom is 0.501 e. The number of carbonyl (C=O) groups excluding carboxylic acids is 1. The van der Waals surface area contributed by atoms with Crippen molar-refractivity contribution < 1.29 is 35.5 Å². The topological polar surface area (TPSA) is 123 Å². The summed E-state index contributed by atoms with van der Waals surface area (Å²) < 4.78 is 73.7. The van der Waals surface area contributed by atoms with E-state index < -0.39 is 59.0 Å². The third-order valence-electron chi connectivity index (χ3n) is 3.70. The molecular weight excluding hydrogens is 505 g/mol. The van der Waals surface area contributed by atoms with Crippen LogP contribution in [0.5, 0.6) is 0 Å². The van der Waals surface area contributed by atoms with Crippen LogP contribution in [0.3, 0.4) is 0 Å². The van der Waals surface area contributed by atoms with Gasteiger partial charge in [-0.05, 0) is 36.6 Å². The summed E-state index contributed by atoms with van der Waals surface area (Å²) in [4.78, 5) is 21.8. The minimum absolute atomic E-state index is 0.225. The zero-order valence-electron chi connectivity index (χ0n) is 15.3. The molecule has 0 aliphatic carbocycles. The van der Waals surface area contributed by atoms with Crippen molar-refractivity contribution in [3.8, 4) is 0 Å². The van der Waals surface area contributed by atoms with Gasteiger partial charge in [-0.25, -0.2) is 8.42 Å². The molecule has 0 heterocycles. The summed E-state index contributed by atoms with van der Waals surface area (Å²) in [5.41, 5.74) is -6.48. The molecule has 8 nitrogen and oxygen atoms in total.